The van der Waals surface area contributed by atoms with Crippen molar-refractivity contribution in [3.05, 3.63) is 53.0 Å². The van der Waals surface area contributed by atoms with E-state index in [1.165, 1.54) is 0 Å². The van der Waals surface area contributed by atoms with E-state index in [9.17, 15) is 0 Å². The molecule has 3 rings (SSSR count). The molecule has 2 heterocycles. The molecular formula is C19H24N6. The summed E-state index contributed by atoms with van der Waals surface area (Å²) in [6.45, 7) is 7.34. The van der Waals surface area contributed by atoms with Crippen LogP contribution in [0.2, 0.25) is 0 Å². The number of pyridine rings is 1. The van der Waals surface area contributed by atoms with E-state index in [0.29, 0.717) is 23.8 Å². The molecule has 6 nitrogen and oxygen atoms in total. The molecule has 0 aliphatic heterocycles. The summed E-state index contributed by atoms with van der Waals surface area (Å²) < 4.78 is 2.20. The monoisotopic (exact) mass is 336 g/mol. The Hall–Kier alpha value is -2.89. The topological polar surface area (TPSA) is 95.1 Å². The van der Waals surface area contributed by atoms with Gasteiger partial charge in [0.1, 0.15) is 17.5 Å². The quantitative estimate of drug-likeness (QED) is 0.553. The van der Waals surface area contributed by atoms with E-state index in [-0.39, 0.29) is 0 Å². The summed E-state index contributed by atoms with van der Waals surface area (Å²) in [6.07, 6.45) is 1.03. The van der Waals surface area contributed by atoms with Crippen LogP contribution < -0.4 is 11.5 Å². The molecule has 2 aromatic heterocycles. The van der Waals surface area contributed by atoms with Crippen LogP contribution in [0.3, 0.4) is 0 Å². The van der Waals surface area contributed by atoms with Crippen LogP contribution in [0, 0.1) is 13.8 Å². The lowest BCUT2D eigenvalue weighted by Crippen LogP contribution is -2.19. The van der Waals surface area contributed by atoms with Crippen LogP contribution >= 0.6 is 0 Å². The molecule has 0 spiro atoms. The van der Waals surface area contributed by atoms with Gasteiger partial charge in [-0.2, -0.15) is 0 Å². The van der Waals surface area contributed by atoms with Gasteiger partial charge in [-0.15, -0.1) is 0 Å². The highest BCUT2D eigenvalue weighted by Crippen LogP contribution is 2.19. The maximum atomic E-state index is 6.21. The van der Waals surface area contributed by atoms with E-state index in [1.54, 1.807) is 0 Å². The van der Waals surface area contributed by atoms with E-state index < -0.39 is 0 Å². The van der Waals surface area contributed by atoms with Crippen LogP contribution in [0.15, 0.2) is 35.3 Å². The minimum Gasteiger partial charge on any atom is -0.383 e. The maximum absolute atomic E-state index is 6.21. The first-order chi connectivity index (χ1) is 12.0. The van der Waals surface area contributed by atoms with Gasteiger partial charge in [0, 0.05) is 12.2 Å². The molecule has 0 saturated carbocycles. The second-order valence-electron chi connectivity index (χ2n) is 6.21. The predicted octanol–water partition coefficient (Wildman–Crippen LogP) is 2.95. The fourth-order valence-electron chi connectivity index (χ4n) is 3.15. The largest absolute Gasteiger partial charge is 0.383 e. The first-order valence-corrected chi connectivity index (χ1v) is 8.49. The van der Waals surface area contributed by atoms with E-state index in [1.807, 2.05) is 38.1 Å². The van der Waals surface area contributed by atoms with Crippen LogP contribution in [0.4, 0.5) is 5.82 Å². The molecule has 0 atom stereocenters. The smallest absolute Gasteiger partial charge is 0.134 e. The third kappa shape index (κ3) is 3.33. The molecule has 6 heteroatoms. The third-order valence-corrected chi connectivity index (χ3v) is 4.20. The standard InChI is InChI=1S/C19H24N6/c1-4-9-25-15-8-6-5-7-14(15)24-16(25)11-22-18(20)17-12(2)10-13(3)23-19(17)21/h5-8,10H,4,9,11H2,1-3H3,(H2,20,22)(H2,21,23). The molecule has 3 aromatic rings. The summed E-state index contributed by atoms with van der Waals surface area (Å²) in [4.78, 5) is 13.5. The number of amidine groups is 1. The van der Waals surface area contributed by atoms with Gasteiger partial charge >= 0.3 is 0 Å². The fraction of sp³-hybridized carbons (Fsp3) is 0.316. The number of nitrogens with zero attached hydrogens (tertiary/aromatic N) is 4. The number of fused-ring (bicyclic) bond motifs is 1. The Labute approximate surface area is 147 Å². The molecule has 0 radical (unpaired) electrons. The van der Waals surface area contributed by atoms with Gasteiger partial charge in [-0.3, -0.25) is 4.99 Å². The van der Waals surface area contributed by atoms with Crippen molar-refractivity contribution in [1.29, 1.82) is 0 Å². The van der Waals surface area contributed by atoms with Crippen molar-refractivity contribution in [1.82, 2.24) is 14.5 Å². The van der Waals surface area contributed by atoms with E-state index in [2.05, 4.69) is 27.5 Å². The molecule has 0 fully saturated rings. The second-order valence-corrected chi connectivity index (χ2v) is 6.21. The predicted molar refractivity (Wildman–Crippen MR) is 103 cm³/mol. The van der Waals surface area contributed by atoms with Crippen molar-refractivity contribution in [2.45, 2.75) is 40.3 Å². The normalized spacial score (nSPS) is 12.0. The molecule has 25 heavy (non-hydrogen) atoms. The second kappa shape index (κ2) is 6.93. The first kappa shape index (κ1) is 17.0. The average molecular weight is 336 g/mol. The van der Waals surface area contributed by atoms with E-state index in [4.69, 9.17) is 16.5 Å². The zero-order valence-electron chi connectivity index (χ0n) is 15.0. The zero-order valence-corrected chi connectivity index (χ0v) is 15.0. The van der Waals surface area contributed by atoms with Gasteiger partial charge in [-0.1, -0.05) is 19.1 Å². The average Bonchev–Trinajstić information content (AvgIpc) is 2.90. The molecular weight excluding hydrogens is 312 g/mol. The van der Waals surface area contributed by atoms with Crippen molar-refractivity contribution in [2.24, 2.45) is 10.7 Å². The Morgan fingerprint density at radius 3 is 2.68 bits per heavy atom. The molecule has 0 unspecified atom stereocenters. The highest BCUT2D eigenvalue weighted by atomic mass is 15.1. The molecule has 1 aromatic carbocycles. The van der Waals surface area contributed by atoms with Crippen molar-refractivity contribution >= 4 is 22.7 Å². The van der Waals surface area contributed by atoms with Crippen molar-refractivity contribution in [3.8, 4) is 0 Å². The molecule has 0 amide bonds. The van der Waals surface area contributed by atoms with Crippen LogP contribution in [-0.4, -0.2) is 20.4 Å². The minimum atomic E-state index is 0.401. The summed E-state index contributed by atoms with van der Waals surface area (Å²) in [5, 5.41) is 0. The van der Waals surface area contributed by atoms with Gasteiger partial charge in [-0.25, -0.2) is 9.97 Å². The number of rotatable bonds is 5. The molecule has 0 saturated heterocycles. The van der Waals surface area contributed by atoms with Crippen molar-refractivity contribution < 1.29 is 0 Å². The molecule has 4 N–H and O–H groups in total. The Morgan fingerprint density at radius 1 is 1.20 bits per heavy atom. The van der Waals surface area contributed by atoms with Crippen LogP contribution in [0.25, 0.3) is 11.0 Å². The highest BCUT2D eigenvalue weighted by Gasteiger charge is 2.12. The van der Waals surface area contributed by atoms with Crippen molar-refractivity contribution in [2.75, 3.05) is 5.73 Å². The van der Waals surface area contributed by atoms with E-state index >= 15 is 0 Å². The lowest BCUT2D eigenvalue weighted by Gasteiger charge is -2.10. The van der Waals surface area contributed by atoms with Gasteiger partial charge in [0.05, 0.1) is 23.1 Å². The lowest BCUT2D eigenvalue weighted by atomic mass is 10.1. The fourth-order valence-corrected chi connectivity index (χ4v) is 3.15. The number of hydrogen-bond acceptors (Lipinski definition) is 4. The number of nitrogen functional groups attached to an aromatic ring is 1. The summed E-state index contributed by atoms with van der Waals surface area (Å²) in [7, 11) is 0. The number of imidazole rings is 1. The molecule has 130 valence electrons. The van der Waals surface area contributed by atoms with Gasteiger partial charge < -0.3 is 16.0 Å². The number of para-hydroxylation sites is 2. The number of aryl methyl sites for hydroxylation is 3. The third-order valence-electron chi connectivity index (χ3n) is 4.20. The molecule has 0 aliphatic carbocycles. The number of nitrogens with two attached hydrogens (primary N) is 2. The van der Waals surface area contributed by atoms with Crippen LogP contribution in [-0.2, 0) is 13.1 Å². The zero-order chi connectivity index (χ0) is 18.0. The number of benzene rings is 1. The van der Waals surface area contributed by atoms with Gasteiger partial charge in [0.2, 0.25) is 0 Å². The first-order valence-electron chi connectivity index (χ1n) is 8.49. The van der Waals surface area contributed by atoms with Crippen LogP contribution in [0.5, 0.6) is 0 Å². The summed E-state index contributed by atoms with van der Waals surface area (Å²) >= 11 is 0. The lowest BCUT2D eigenvalue weighted by molar-refractivity contribution is 0.656. The number of anilines is 1. The summed E-state index contributed by atoms with van der Waals surface area (Å²) in [5.74, 6) is 1.72. The number of aromatic nitrogens is 3. The Bertz CT molecular complexity index is 915. The van der Waals surface area contributed by atoms with Gasteiger partial charge in [0.15, 0.2) is 0 Å². The Morgan fingerprint density at radius 2 is 1.96 bits per heavy atom. The van der Waals surface area contributed by atoms with Gasteiger partial charge in [0.25, 0.3) is 0 Å². The van der Waals surface area contributed by atoms with Crippen molar-refractivity contribution in [3.63, 3.8) is 0 Å². The molecule has 0 aliphatic rings. The maximum Gasteiger partial charge on any atom is 0.134 e. The highest BCUT2D eigenvalue weighted by molar-refractivity contribution is 6.02. The summed E-state index contributed by atoms with van der Waals surface area (Å²) in [5.41, 5.74) is 16.9. The number of aliphatic imine (C=N–C) groups is 1. The Kier molecular flexibility index (Phi) is 4.70. The molecule has 0 bridgehead atoms. The Balaban J connectivity index is 1.96. The van der Waals surface area contributed by atoms with E-state index in [0.717, 1.165) is 41.1 Å². The number of hydrogen-bond donors (Lipinski definition) is 2. The van der Waals surface area contributed by atoms with Crippen LogP contribution in [0.1, 0.15) is 36.0 Å². The summed E-state index contributed by atoms with van der Waals surface area (Å²) in [6, 6.07) is 10.1. The van der Waals surface area contributed by atoms with Gasteiger partial charge in [-0.05, 0) is 44.0 Å². The SMILES string of the molecule is CCCn1c(CN=C(N)c2c(C)cc(C)nc2N)nc2ccccc21. The minimum absolute atomic E-state index is 0.401.